The van der Waals surface area contributed by atoms with Crippen molar-refractivity contribution in [2.75, 3.05) is 51.3 Å². The third-order valence-corrected chi connectivity index (χ3v) is 9.73. The number of rotatable bonds is 8. The smallest absolute Gasteiger partial charge is 0.335 e. The Bertz CT molecular complexity index is 1360. The van der Waals surface area contributed by atoms with Crippen LogP contribution < -0.4 is 4.90 Å². The normalized spacial score (nSPS) is 20.4. The van der Waals surface area contributed by atoms with Crippen LogP contribution in [0.25, 0.3) is 22.2 Å². The Kier molecular flexibility index (Phi) is 8.17. The van der Waals surface area contributed by atoms with Crippen molar-refractivity contribution in [1.82, 2.24) is 9.47 Å². The molecule has 2 aliphatic heterocycles. The number of aromatic carboxylic acids is 1. The monoisotopic (exact) mass is 543 g/mol. The van der Waals surface area contributed by atoms with Crippen molar-refractivity contribution in [3.8, 4) is 11.3 Å². The van der Waals surface area contributed by atoms with Crippen LogP contribution in [0.2, 0.25) is 0 Å². The van der Waals surface area contributed by atoms with Crippen LogP contribution in [0.3, 0.4) is 0 Å². The molecule has 1 saturated heterocycles. The molecule has 1 aromatic heterocycles. The lowest BCUT2D eigenvalue weighted by Crippen LogP contribution is -2.39. The van der Waals surface area contributed by atoms with Gasteiger partial charge in [-0.05, 0) is 86.7 Å². The number of ether oxygens (including phenoxy) is 1. The van der Waals surface area contributed by atoms with Gasteiger partial charge in [-0.15, -0.1) is 0 Å². The highest BCUT2D eigenvalue weighted by Crippen LogP contribution is 2.47. The summed E-state index contributed by atoms with van der Waals surface area (Å²) in [5, 5.41) is 11.1. The standard InChI is InChI=1S/C34H45N3O3/c1-24-10-12-29-30(21-24)36(16-14-25-7-6-15-35(23-25)19-20-40-2)17-18-37-31-22-27(34(38)39)11-13-28(31)32(33(29)37)26-8-4-3-5-9-26/h10-13,21-22,25-26H,3-9,14-20,23H2,1-2H3,(H,38,39). The molecule has 2 aromatic carbocycles. The molecule has 1 unspecified atom stereocenters. The Labute approximate surface area is 238 Å². The summed E-state index contributed by atoms with van der Waals surface area (Å²) in [6.07, 6.45) is 10.1. The maximum Gasteiger partial charge on any atom is 0.335 e. The number of carbonyl (C=O) groups is 1. The number of aryl methyl sites for hydroxylation is 1. The van der Waals surface area contributed by atoms with E-state index in [2.05, 4.69) is 45.6 Å². The van der Waals surface area contributed by atoms with Crippen molar-refractivity contribution < 1.29 is 14.6 Å². The van der Waals surface area contributed by atoms with Crippen molar-refractivity contribution in [2.45, 2.75) is 70.8 Å². The van der Waals surface area contributed by atoms with E-state index in [4.69, 9.17) is 4.74 Å². The first-order chi connectivity index (χ1) is 19.5. The topological polar surface area (TPSA) is 57.9 Å². The first-order valence-electron chi connectivity index (χ1n) is 15.5. The Morgan fingerprint density at radius 1 is 0.975 bits per heavy atom. The van der Waals surface area contributed by atoms with E-state index in [-0.39, 0.29) is 0 Å². The predicted octanol–water partition coefficient (Wildman–Crippen LogP) is 6.93. The molecule has 3 aromatic rings. The van der Waals surface area contributed by atoms with E-state index in [1.165, 1.54) is 97.9 Å². The molecule has 6 rings (SSSR count). The molecule has 1 aliphatic carbocycles. The molecule has 2 fully saturated rings. The number of hydrogen-bond donors (Lipinski definition) is 1. The zero-order chi connectivity index (χ0) is 27.6. The van der Waals surface area contributed by atoms with Crippen LogP contribution >= 0.6 is 0 Å². The summed E-state index contributed by atoms with van der Waals surface area (Å²) in [6, 6.07) is 12.8. The number of hydrogen-bond acceptors (Lipinski definition) is 4. The van der Waals surface area contributed by atoms with Crippen LogP contribution in [0.4, 0.5) is 5.69 Å². The second kappa shape index (κ2) is 12.0. The Balaban J connectivity index is 1.37. The van der Waals surface area contributed by atoms with Crippen LogP contribution in [0.5, 0.6) is 0 Å². The van der Waals surface area contributed by atoms with Gasteiger partial charge in [0.15, 0.2) is 0 Å². The molecule has 6 nitrogen and oxygen atoms in total. The minimum atomic E-state index is -0.852. The van der Waals surface area contributed by atoms with Crippen LogP contribution in [0.1, 0.15) is 78.8 Å². The minimum Gasteiger partial charge on any atom is -0.478 e. The SMILES string of the molecule is COCCN1CCCC(CCN2CCn3c(c(C4CCCCC4)c4ccc(C(=O)O)cc43)-c3ccc(C)cc32)C1. The number of aromatic nitrogens is 1. The number of carboxylic acids is 1. The number of piperidine rings is 1. The summed E-state index contributed by atoms with van der Waals surface area (Å²) in [5.41, 5.74) is 8.23. The number of fused-ring (bicyclic) bond motifs is 5. The van der Waals surface area contributed by atoms with Gasteiger partial charge in [-0.25, -0.2) is 4.79 Å². The van der Waals surface area contributed by atoms with E-state index >= 15 is 0 Å². The van der Waals surface area contributed by atoms with Gasteiger partial charge in [-0.3, -0.25) is 0 Å². The number of anilines is 1. The lowest BCUT2D eigenvalue weighted by Gasteiger charge is -2.34. The number of likely N-dealkylation sites (tertiary alicyclic amines) is 1. The zero-order valence-electron chi connectivity index (χ0n) is 24.3. The van der Waals surface area contributed by atoms with Gasteiger partial charge in [0.05, 0.1) is 17.9 Å². The zero-order valence-corrected chi connectivity index (χ0v) is 24.3. The molecular weight excluding hydrogens is 498 g/mol. The van der Waals surface area contributed by atoms with Crippen molar-refractivity contribution in [1.29, 1.82) is 0 Å². The molecule has 0 bridgehead atoms. The molecule has 40 heavy (non-hydrogen) atoms. The molecule has 3 aliphatic rings. The van der Waals surface area contributed by atoms with Crippen molar-refractivity contribution in [3.05, 3.63) is 53.1 Å². The Morgan fingerprint density at radius 3 is 2.62 bits per heavy atom. The van der Waals surface area contributed by atoms with Crippen molar-refractivity contribution in [2.24, 2.45) is 5.92 Å². The number of methoxy groups -OCH3 is 1. The quantitative estimate of drug-likeness (QED) is 0.334. The second-order valence-electron chi connectivity index (χ2n) is 12.4. The van der Waals surface area contributed by atoms with Gasteiger partial charge in [0.25, 0.3) is 0 Å². The molecular formula is C34H45N3O3. The molecule has 1 N–H and O–H groups in total. The number of carboxylic acid groups (broad SMARTS) is 1. The van der Waals surface area contributed by atoms with Gasteiger partial charge < -0.3 is 24.2 Å². The molecule has 6 heteroatoms. The fraction of sp³-hybridized carbons (Fsp3) is 0.559. The van der Waals surface area contributed by atoms with Gasteiger partial charge in [-0.2, -0.15) is 0 Å². The number of benzene rings is 2. The Morgan fingerprint density at radius 2 is 1.82 bits per heavy atom. The summed E-state index contributed by atoms with van der Waals surface area (Å²) in [7, 11) is 1.79. The molecule has 214 valence electrons. The van der Waals surface area contributed by atoms with Gasteiger partial charge in [0.1, 0.15) is 0 Å². The first kappa shape index (κ1) is 27.3. The maximum absolute atomic E-state index is 12.0. The van der Waals surface area contributed by atoms with E-state index in [1.54, 1.807) is 13.2 Å². The van der Waals surface area contributed by atoms with E-state index in [0.29, 0.717) is 11.5 Å². The van der Waals surface area contributed by atoms with E-state index in [1.807, 2.05) is 6.07 Å². The molecule has 1 saturated carbocycles. The first-order valence-corrected chi connectivity index (χ1v) is 15.5. The van der Waals surface area contributed by atoms with E-state index in [9.17, 15) is 9.90 Å². The summed E-state index contributed by atoms with van der Waals surface area (Å²) in [6.45, 7) is 9.28. The second-order valence-corrected chi connectivity index (χ2v) is 12.4. The highest BCUT2D eigenvalue weighted by Gasteiger charge is 2.31. The average Bonchev–Trinajstić information content (AvgIpc) is 3.21. The van der Waals surface area contributed by atoms with E-state index < -0.39 is 5.97 Å². The Hall–Kier alpha value is -2.83. The van der Waals surface area contributed by atoms with Gasteiger partial charge in [0, 0.05) is 62.0 Å². The van der Waals surface area contributed by atoms with Crippen LogP contribution in [-0.2, 0) is 11.3 Å². The van der Waals surface area contributed by atoms with E-state index in [0.717, 1.165) is 44.2 Å². The predicted molar refractivity (Wildman–Crippen MR) is 163 cm³/mol. The number of nitrogens with zero attached hydrogens (tertiary/aromatic N) is 3. The van der Waals surface area contributed by atoms with Crippen molar-refractivity contribution in [3.63, 3.8) is 0 Å². The molecule has 0 radical (unpaired) electrons. The lowest BCUT2D eigenvalue weighted by molar-refractivity contribution is 0.0697. The maximum atomic E-state index is 12.0. The van der Waals surface area contributed by atoms with Crippen LogP contribution in [-0.4, -0.2) is 67.0 Å². The lowest BCUT2D eigenvalue weighted by atomic mass is 9.81. The van der Waals surface area contributed by atoms with Crippen LogP contribution in [0, 0.1) is 12.8 Å². The van der Waals surface area contributed by atoms with Crippen LogP contribution in [0.15, 0.2) is 36.4 Å². The molecule has 3 heterocycles. The molecule has 0 spiro atoms. The average molecular weight is 544 g/mol. The molecule has 1 atom stereocenters. The summed E-state index contributed by atoms with van der Waals surface area (Å²) < 4.78 is 7.81. The van der Waals surface area contributed by atoms with Crippen molar-refractivity contribution >= 4 is 22.6 Å². The van der Waals surface area contributed by atoms with Gasteiger partial charge in [-0.1, -0.05) is 37.5 Å². The fourth-order valence-electron chi connectivity index (χ4n) is 7.66. The van der Waals surface area contributed by atoms with Gasteiger partial charge in [0.2, 0.25) is 0 Å². The third kappa shape index (κ3) is 5.40. The summed E-state index contributed by atoms with van der Waals surface area (Å²) in [5.74, 6) is 0.400. The highest BCUT2D eigenvalue weighted by atomic mass is 16.5. The minimum absolute atomic E-state index is 0.378. The fourth-order valence-corrected chi connectivity index (χ4v) is 7.66. The molecule has 0 amide bonds. The summed E-state index contributed by atoms with van der Waals surface area (Å²) in [4.78, 5) is 17.2. The summed E-state index contributed by atoms with van der Waals surface area (Å²) >= 11 is 0. The van der Waals surface area contributed by atoms with Gasteiger partial charge >= 0.3 is 5.97 Å². The largest absolute Gasteiger partial charge is 0.478 e. The third-order valence-electron chi connectivity index (χ3n) is 9.73. The highest BCUT2D eigenvalue weighted by molar-refractivity contribution is 5.99.